The molecule has 1 aromatic heterocycles. The molecule has 0 radical (unpaired) electrons. The molecule has 4 saturated carbocycles. The highest BCUT2D eigenvalue weighted by Gasteiger charge is 2.58. The number of nitrogens with zero attached hydrogens (tertiary/aromatic N) is 4. The molecule has 8 nitrogen and oxygen atoms in total. The van der Waals surface area contributed by atoms with Crippen LogP contribution in [0.4, 0.5) is 5.82 Å². The molecule has 8 heteroatoms. The molecule has 3 N–H and O–H groups in total. The molecule has 176 valence electrons. The van der Waals surface area contributed by atoms with Gasteiger partial charge in [-0.1, -0.05) is 0 Å². The van der Waals surface area contributed by atoms with E-state index in [0.717, 1.165) is 64.1 Å². The number of nitrogens with one attached hydrogen (secondary N) is 1. The fourth-order valence-electron chi connectivity index (χ4n) is 7.25. The molecule has 0 spiro atoms. The van der Waals surface area contributed by atoms with Crippen molar-refractivity contribution in [3.8, 4) is 6.07 Å². The Morgan fingerprint density at radius 2 is 1.85 bits per heavy atom. The van der Waals surface area contributed by atoms with Crippen LogP contribution in [-0.2, 0) is 9.59 Å². The molecule has 1 aromatic rings. The summed E-state index contributed by atoms with van der Waals surface area (Å²) in [4.78, 5) is 34.5. The van der Waals surface area contributed by atoms with E-state index >= 15 is 0 Å². The summed E-state index contributed by atoms with van der Waals surface area (Å²) in [6.07, 6.45) is 6.50. The van der Waals surface area contributed by atoms with Crippen molar-refractivity contribution in [1.82, 2.24) is 15.2 Å². The minimum absolute atomic E-state index is 0.0668. The number of carbonyl (C=O) groups is 2. The van der Waals surface area contributed by atoms with Crippen LogP contribution in [0.25, 0.3) is 0 Å². The van der Waals surface area contributed by atoms with Gasteiger partial charge in [0.15, 0.2) is 0 Å². The van der Waals surface area contributed by atoms with Gasteiger partial charge in [-0.3, -0.25) is 14.5 Å². The predicted molar refractivity (Wildman–Crippen MR) is 124 cm³/mol. The van der Waals surface area contributed by atoms with Gasteiger partial charge >= 0.3 is 0 Å². The number of nitrogens with two attached hydrogens (primary N) is 1. The van der Waals surface area contributed by atoms with Crippen molar-refractivity contribution in [2.24, 2.45) is 28.9 Å². The van der Waals surface area contributed by atoms with Gasteiger partial charge in [-0.15, -0.1) is 0 Å². The van der Waals surface area contributed by atoms with Crippen molar-refractivity contribution < 1.29 is 9.59 Å². The molecule has 1 saturated heterocycles. The van der Waals surface area contributed by atoms with Crippen molar-refractivity contribution in [2.75, 3.05) is 31.1 Å². The monoisotopic (exact) mass is 450 g/mol. The molecule has 33 heavy (non-hydrogen) atoms. The van der Waals surface area contributed by atoms with E-state index in [9.17, 15) is 14.9 Å². The van der Waals surface area contributed by atoms with Gasteiger partial charge in [0.1, 0.15) is 11.9 Å². The van der Waals surface area contributed by atoms with Gasteiger partial charge in [-0.25, -0.2) is 4.98 Å². The number of hydrogen-bond acceptors (Lipinski definition) is 6. The normalized spacial score (nSPS) is 33.5. The Balaban J connectivity index is 1.23. The maximum absolute atomic E-state index is 13.5. The molecule has 0 aromatic carbocycles. The molecule has 5 aliphatic rings. The number of pyridine rings is 1. The average molecular weight is 451 g/mol. The Hall–Kier alpha value is -2.66. The van der Waals surface area contributed by atoms with E-state index in [1.54, 1.807) is 18.3 Å². The largest absolute Gasteiger partial charge is 0.369 e. The van der Waals surface area contributed by atoms with Gasteiger partial charge in [0.2, 0.25) is 11.8 Å². The third-order valence-electron chi connectivity index (χ3n) is 8.93. The summed E-state index contributed by atoms with van der Waals surface area (Å²) in [6.45, 7) is 6.90. The smallest absolute Gasteiger partial charge is 0.240 e. The second-order valence-electron chi connectivity index (χ2n) is 11.1. The zero-order chi connectivity index (χ0) is 23.4. The first-order valence-corrected chi connectivity index (χ1v) is 12.2. The molecular formula is C25H34N6O2. The van der Waals surface area contributed by atoms with Gasteiger partial charge in [0, 0.05) is 43.8 Å². The summed E-state index contributed by atoms with van der Waals surface area (Å²) in [5.41, 5.74) is 5.43. The number of hydrogen-bond donors (Lipinski definition) is 2. The highest BCUT2D eigenvalue weighted by molar-refractivity contribution is 5.86. The van der Waals surface area contributed by atoms with Gasteiger partial charge in [0.25, 0.3) is 0 Å². The molecule has 6 rings (SSSR count). The Bertz CT molecular complexity index is 977. The van der Waals surface area contributed by atoms with Crippen LogP contribution in [0.1, 0.15) is 51.5 Å². The number of nitriles is 1. The summed E-state index contributed by atoms with van der Waals surface area (Å²) in [5, 5.41) is 12.8. The van der Waals surface area contributed by atoms with E-state index in [1.165, 1.54) is 0 Å². The minimum atomic E-state index is -0.635. The lowest BCUT2D eigenvalue weighted by molar-refractivity contribution is -0.149. The highest BCUT2D eigenvalue weighted by atomic mass is 16.2. The Morgan fingerprint density at radius 3 is 2.45 bits per heavy atom. The lowest BCUT2D eigenvalue weighted by Crippen LogP contribution is -2.66. The third kappa shape index (κ3) is 3.67. The van der Waals surface area contributed by atoms with Crippen LogP contribution in [0.15, 0.2) is 18.3 Å². The number of amides is 2. The molecule has 4 aliphatic carbocycles. The van der Waals surface area contributed by atoms with Gasteiger partial charge in [-0.05, 0) is 75.8 Å². The summed E-state index contributed by atoms with van der Waals surface area (Å²) >= 11 is 0. The van der Waals surface area contributed by atoms with E-state index in [0.29, 0.717) is 23.3 Å². The van der Waals surface area contributed by atoms with Gasteiger partial charge in [-0.2, -0.15) is 5.26 Å². The Labute approximate surface area is 195 Å². The number of aromatic nitrogens is 1. The second kappa shape index (κ2) is 7.98. The Kier molecular flexibility index (Phi) is 5.36. The van der Waals surface area contributed by atoms with Crippen LogP contribution in [-0.4, -0.2) is 59.5 Å². The first kappa shape index (κ1) is 22.1. The third-order valence-corrected chi connectivity index (χ3v) is 8.93. The number of piperazine rings is 1. The first-order chi connectivity index (χ1) is 15.7. The maximum atomic E-state index is 13.5. The topological polar surface area (TPSA) is 115 Å². The van der Waals surface area contributed by atoms with E-state index in [4.69, 9.17) is 5.73 Å². The molecule has 1 aliphatic heterocycles. The number of primary amides is 1. The zero-order valence-electron chi connectivity index (χ0n) is 19.6. The average Bonchev–Trinajstić information content (AvgIpc) is 2.80. The summed E-state index contributed by atoms with van der Waals surface area (Å²) < 4.78 is 0. The van der Waals surface area contributed by atoms with Gasteiger partial charge < -0.3 is 16.0 Å². The van der Waals surface area contributed by atoms with E-state index < -0.39 is 5.54 Å². The maximum Gasteiger partial charge on any atom is 0.240 e. The molecular weight excluding hydrogens is 416 g/mol. The minimum Gasteiger partial charge on any atom is -0.369 e. The van der Waals surface area contributed by atoms with Crippen molar-refractivity contribution >= 4 is 17.6 Å². The van der Waals surface area contributed by atoms with Crippen LogP contribution in [0.5, 0.6) is 0 Å². The Morgan fingerprint density at radius 1 is 1.18 bits per heavy atom. The van der Waals surface area contributed by atoms with Crippen LogP contribution >= 0.6 is 0 Å². The lowest BCUT2D eigenvalue weighted by Gasteiger charge is -2.59. The fraction of sp³-hybridized carbons (Fsp3) is 0.680. The summed E-state index contributed by atoms with van der Waals surface area (Å²) in [5.74, 6) is 1.94. The second-order valence-corrected chi connectivity index (χ2v) is 11.1. The number of rotatable bonds is 5. The van der Waals surface area contributed by atoms with Crippen molar-refractivity contribution in [1.29, 1.82) is 5.26 Å². The highest BCUT2D eigenvalue weighted by Crippen LogP contribution is 2.60. The first-order valence-electron chi connectivity index (χ1n) is 12.2. The van der Waals surface area contributed by atoms with Gasteiger partial charge in [0.05, 0.1) is 11.1 Å². The summed E-state index contributed by atoms with van der Waals surface area (Å²) in [6, 6.07) is 5.94. The van der Waals surface area contributed by atoms with Crippen molar-refractivity contribution in [2.45, 2.75) is 57.5 Å². The quantitative estimate of drug-likeness (QED) is 0.705. The molecule has 4 bridgehead atoms. The van der Waals surface area contributed by atoms with Crippen LogP contribution in [0.3, 0.4) is 0 Å². The molecule has 2 heterocycles. The standard InChI is InChI=1S/C25H34N6O2/c1-24(2,31-8-6-30(7-9-31)21-17(15-26)4-3-5-28-21)23(33)29-20-18-10-16-11-19(20)14-25(12-16,13-18)22(27)32/h3-5,16,18-20H,6-14H2,1-2H3,(H2,27,32)(H,29,33). The van der Waals surface area contributed by atoms with Crippen LogP contribution in [0, 0.1) is 34.5 Å². The number of anilines is 1. The molecule has 5 fully saturated rings. The molecule has 2 atom stereocenters. The van der Waals surface area contributed by atoms with Crippen molar-refractivity contribution in [3.05, 3.63) is 23.9 Å². The van der Waals surface area contributed by atoms with E-state index in [1.807, 2.05) is 13.8 Å². The molecule has 2 amide bonds. The fourth-order valence-corrected chi connectivity index (χ4v) is 7.25. The van der Waals surface area contributed by atoms with E-state index in [-0.39, 0.29) is 23.3 Å². The predicted octanol–water partition coefficient (Wildman–Crippen LogP) is 1.65. The zero-order valence-corrected chi connectivity index (χ0v) is 19.6. The molecule has 2 unspecified atom stereocenters. The van der Waals surface area contributed by atoms with Crippen LogP contribution < -0.4 is 16.0 Å². The lowest BCUT2D eigenvalue weighted by atomic mass is 9.47. The summed E-state index contributed by atoms with van der Waals surface area (Å²) in [7, 11) is 0. The van der Waals surface area contributed by atoms with Crippen LogP contribution in [0.2, 0.25) is 0 Å². The van der Waals surface area contributed by atoms with E-state index in [2.05, 4.69) is 26.2 Å². The van der Waals surface area contributed by atoms with Crippen molar-refractivity contribution in [3.63, 3.8) is 0 Å². The SMILES string of the molecule is CC(C)(C(=O)NC1C2CC3CC1CC(C(N)=O)(C3)C2)N1CCN(c2ncccc2C#N)CC1. The number of carbonyl (C=O) groups excluding carboxylic acids is 2.